The van der Waals surface area contributed by atoms with Crippen molar-refractivity contribution < 1.29 is 14.6 Å². The number of para-hydroxylation sites is 1. The van der Waals surface area contributed by atoms with Crippen molar-refractivity contribution in [2.75, 3.05) is 20.3 Å². The van der Waals surface area contributed by atoms with Gasteiger partial charge in [-0.15, -0.1) is 0 Å². The zero-order valence-electron chi connectivity index (χ0n) is 9.32. The maximum absolute atomic E-state index is 8.69. The predicted octanol–water partition coefficient (Wildman–Crippen LogP) is 2.02. The second-order valence-electron chi connectivity index (χ2n) is 3.23. The summed E-state index contributed by atoms with van der Waals surface area (Å²) in [5.74, 6) is 1.56. The monoisotopic (exact) mass is 210 g/mol. The summed E-state index contributed by atoms with van der Waals surface area (Å²) in [6, 6.07) is 5.86. The minimum absolute atomic E-state index is 0.149. The van der Waals surface area contributed by atoms with Gasteiger partial charge in [-0.2, -0.15) is 0 Å². The highest BCUT2D eigenvalue weighted by atomic mass is 16.5. The van der Waals surface area contributed by atoms with E-state index in [4.69, 9.17) is 14.6 Å². The molecule has 0 radical (unpaired) electrons. The largest absolute Gasteiger partial charge is 0.493 e. The molecule has 0 atom stereocenters. The Morgan fingerprint density at radius 3 is 2.73 bits per heavy atom. The highest BCUT2D eigenvalue weighted by molar-refractivity contribution is 5.46. The lowest BCUT2D eigenvalue weighted by atomic mass is 10.1. The van der Waals surface area contributed by atoms with Crippen molar-refractivity contribution in [3.05, 3.63) is 23.8 Å². The lowest BCUT2D eigenvalue weighted by Crippen LogP contribution is -2.03. The molecule has 0 amide bonds. The van der Waals surface area contributed by atoms with Crippen LogP contribution in [0.3, 0.4) is 0 Å². The lowest BCUT2D eigenvalue weighted by Gasteiger charge is -2.13. The third-order valence-corrected chi connectivity index (χ3v) is 2.21. The molecule has 0 heterocycles. The molecule has 0 fully saturated rings. The SMILES string of the molecule is CCc1cccc(OC)c1OCCCO. The highest BCUT2D eigenvalue weighted by Crippen LogP contribution is 2.31. The maximum Gasteiger partial charge on any atom is 0.164 e. The third kappa shape index (κ3) is 3.13. The quantitative estimate of drug-likeness (QED) is 0.730. The van der Waals surface area contributed by atoms with Crippen LogP contribution in [0.15, 0.2) is 18.2 Å². The number of aryl methyl sites for hydroxylation is 1. The molecule has 0 aromatic heterocycles. The number of hydrogen-bond acceptors (Lipinski definition) is 3. The minimum Gasteiger partial charge on any atom is -0.493 e. The summed E-state index contributed by atoms with van der Waals surface area (Å²) in [4.78, 5) is 0. The van der Waals surface area contributed by atoms with Crippen molar-refractivity contribution in [2.45, 2.75) is 19.8 Å². The summed E-state index contributed by atoms with van der Waals surface area (Å²) >= 11 is 0. The van der Waals surface area contributed by atoms with Crippen LogP contribution in [0.25, 0.3) is 0 Å². The summed E-state index contributed by atoms with van der Waals surface area (Å²) in [5, 5.41) is 8.69. The first-order chi connectivity index (χ1) is 7.33. The first kappa shape index (κ1) is 11.9. The van der Waals surface area contributed by atoms with Crippen molar-refractivity contribution in [3.63, 3.8) is 0 Å². The van der Waals surface area contributed by atoms with E-state index in [2.05, 4.69) is 6.92 Å². The van der Waals surface area contributed by atoms with Crippen molar-refractivity contribution >= 4 is 0 Å². The van der Waals surface area contributed by atoms with E-state index in [0.717, 1.165) is 23.5 Å². The number of methoxy groups -OCH3 is 1. The minimum atomic E-state index is 0.149. The smallest absolute Gasteiger partial charge is 0.164 e. The van der Waals surface area contributed by atoms with E-state index in [1.807, 2.05) is 18.2 Å². The van der Waals surface area contributed by atoms with Crippen LogP contribution in [-0.2, 0) is 6.42 Å². The highest BCUT2D eigenvalue weighted by Gasteiger charge is 2.08. The average Bonchev–Trinajstić information content (AvgIpc) is 2.29. The lowest BCUT2D eigenvalue weighted by molar-refractivity contribution is 0.227. The number of ether oxygens (including phenoxy) is 2. The number of rotatable bonds is 6. The normalized spacial score (nSPS) is 10.1. The van der Waals surface area contributed by atoms with Crippen molar-refractivity contribution in [1.29, 1.82) is 0 Å². The van der Waals surface area contributed by atoms with Gasteiger partial charge in [-0.05, 0) is 18.1 Å². The Morgan fingerprint density at radius 2 is 2.13 bits per heavy atom. The molecule has 0 aliphatic rings. The Kier molecular flexibility index (Phi) is 4.98. The van der Waals surface area contributed by atoms with E-state index < -0.39 is 0 Å². The molecule has 0 aliphatic carbocycles. The molecule has 0 unspecified atom stereocenters. The summed E-state index contributed by atoms with van der Waals surface area (Å²) in [5.41, 5.74) is 1.13. The van der Waals surface area contributed by atoms with E-state index >= 15 is 0 Å². The van der Waals surface area contributed by atoms with Gasteiger partial charge in [0.25, 0.3) is 0 Å². The van der Waals surface area contributed by atoms with Crippen LogP contribution in [0.5, 0.6) is 11.5 Å². The molecule has 3 nitrogen and oxygen atoms in total. The molecule has 0 bridgehead atoms. The number of benzene rings is 1. The van der Waals surface area contributed by atoms with Gasteiger partial charge in [0, 0.05) is 13.0 Å². The van der Waals surface area contributed by atoms with Gasteiger partial charge in [-0.1, -0.05) is 19.1 Å². The van der Waals surface area contributed by atoms with Gasteiger partial charge in [0.05, 0.1) is 13.7 Å². The zero-order valence-corrected chi connectivity index (χ0v) is 9.32. The Labute approximate surface area is 90.6 Å². The van der Waals surface area contributed by atoms with Gasteiger partial charge in [0.15, 0.2) is 11.5 Å². The van der Waals surface area contributed by atoms with E-state index in [1.165, 1.54) is 0 Å². The van der Waals surface area contributed by atoms with Crippen LogP contribution in [0.4, 0.5) is 0 Å². The Morgan fingerprint density at radius 1 is 1.33 bits per heavy atom. The molecule has 15 heavy (non-hydrogen) atoms. The van der Waals surface area contributed by atoms with Gasteiger partial charge in [-0.3, -0.25) is 0 Å². The maximum atomic E-state index is 8.69. The van der Waals surface area contributed by atoms with E-state index in [1.54, 1.807) is 7.11 Å². The van der Waals surface area contributed by atoms with Gasteiger partial charge in [0.2, 0.25) is 0 Å². The van der Waals surface area contributed by atoms with Crippen LogP contribution in [0.2, 0.25) is 0 Å². The van der Waals surface area contributed by atoms with Crippen molar-refractivity contribution in [3.8, 4) is 11.5 Å². The van der Waals surface area contributed by atoms with Crippen LogP contribution in [-0.4, -0.2) is 25.4 Å². The second-order valence-corrected chi connectivity index (χ2v) is 3.23. The fraction of sp³-hybridized carbons (Fsp3) is 0.500. The molecule has 0 spiro atoms. The standard InChI is InChI=1S/C12H18O3/c1-3-10-6-4-7-11(14-2)12(10)15-9-5-8-13/h4,6-7,13H,3,5,8-9H2,1-2H3. The van der Waals surface area contributed by atoms with Crippen LogP contribution < -0.4 is 9.47 Å². The molecule has 0 saturated heterocycles. The Balaban J connectivity index is 2.80. The zero-order chi connectivity index (χ0) is 11.1. The van der Waals surface area contributed by atoms with Crippen LogP contribution >= 0.6 is 0 Å². The third-order valence-electron chi connectivity index (χ3n) is 2.21. The van der Waals surface area contributed by atoms with Crippen LogP contribution in [0, 0.1) is 0 Å². The van der Waals surface area contributed by atoms with Gasteiger partial charge < -0.3 is 14.6 Å². The Hall–Kier alpha value is -1.22. The van der Waals surface area contributed by atoms with Crippen molar-refractivity contribution in [2.24, 2.45) is 0 Å². The average molecular weight is 210 g/mol. The van der Waals surface area contributed by atoms with Gasteiger partial charge in [-0.25, -0.2) is 0 Å². The molecular formula is C12H18O3. The van der Waals surface area contributed by atoms with E-state index in [0.29, 0.717) is 13.0 Å². The molecule has 0 aliphatic heterocycles. The van der Waals surface area contributed by atoms with Crippen LogP contribution in [0.1, 0.15) is 18.9 Å². The second kappa shape index (κ2) is 6.30. The molecule has 1 rings (SSSR count). The first-order valence-corrected chi connectivity index (χ1v) is 5.23. The molecule has 1 N–H and O–H groups in total. The number of hydrogen-bond donors (Lipinski definition) is 1. The molecule has 0 saturated carbocycles. The first-order valence-electron chi connectivity index (χ1n) is 5.23. The van der Waals surface area contributed by atoms with Crippen molar-refractivity contribution in [1.82, 2.24) is 0 Å². The van der Waals surface area contributed by atoms with E-state index in [-0.39, 0.29) is 6.61 Å². The summed E-state index contributed by atoms with van der Waals surface area (Å²) in [6.07, 6.45) is 1.55. The van der Waals surface area contributed by atoms with Gasteiger partial charge >= 0.3 is 0 Å². The Bertz CT molecular complexity index is 275. The number of aliphatic hydroxyl groups is 1. The predicted molar refractivity (Wildman–Crippen MR) is 59.6 cm³/mol. The molecule has 3 heteroatoms. The topological polar surface area (TPSA) is 38.7 Å². The van der Waals surface area contributed by atoms with Gasteiger partial charge in [0.1, 0.15) is 0 Å². The molecule has 1 aromatic rings. The summed E-state index contributed by atoms with van der Waals surface area (Å²) < 4.78 is 10.8. The fourth-order valence-corrected chi connectivity index (χ4v) is 1.40. The summed E-state index contributed by atoms with van der Waals surface area (Å²) in [6.45, 7) is 2.74. The molecular weight excluding hydrogens is 192 g/mol. The number of aliphatic hydroxyl groups excluding tert-OH is 1. The molecule has 84 valence electrons. The fourth-order valence-electron chi connectivity index (χ4n) is 1.40. The molecule has 1 aromatic carbocycles. The van der Waals surface area contributed by atoms with E-state index in [9.17, 15) is 0 Å². The summed E-state index contributed by atoms with van der Waals surface area (Å²) in [7, 11) is 1.63.